The van der Waals surface area contributed by atoms with Crippen molar-refractivity contribution in [2.24, 2.45) is 0 Å². The van der Waals surface area contributed by atoms with Gasteiger partial charge in [0.2, 0.25) is 0 Å². The van der Waals surface area contributed by atoms with E-state index in [2.05, 4.69) is 50.8 Å². The van der Waals surface area contributed by atoms with E-state index in [1.807, 2.05) is 30.5 Å². The molecule has 6 aromatic rings. The number of rotatable bonds is 2. The molecule has 0 amide bonds. The van der Waals surface area contributed by atoms with Gasteiger partial charge in [0.1, 0.15) is 5.82 Å². The van der Waals surface area contributed by atoms with E-state index in [0.717, 1.165) is 60.7 Å². The summed E-state index contributed by atoms with van der Waals surface area (Å²) in [5.74, 6) is 0.823. The van der Waals surface area contributed by atoms with Crippen LogP contribution in [0.15, 0.2) is 67.6 Å². The van der Waals surface area contributed by atoms with Gasteiger partial charge in [-0.1, -0.05) is 18.7 Å². The van der Waals surface area contributed by atoms with Gasteiger partial charge in [-0.15, -0.1) is 0 Å². The first-order valence-electron chi connectivity index (χ1n) is 9.08. The van der Waals surface area contributed by atoms with Crippen molar-refractivity contribution >= 4 is 49.8 Å². The molecule has 5 nitrogen and oxygen atoms in total. The summed E-state index contributed by atoms with van der Waals surface area (Å²) in [6, 6.07) is 14.2. The van der Waals surface area contributed by atoms with Crippen LogP contribution in [0.25, 0.3) is 61.2 Å². The summed E-state index contributed by atoms with van der Waals surface area (Å²) in [4.78, 5) is 21.0. The molecule has 4 aromatic heterocycles. The Morgan fingerprint density at radius 2 is 1.64 bits per heavy atom. The third kappa shape index (κ3) is 1.98. The van der Waals surface area contributed by atoms with Gasteiger partial charge in [0.25, 0.3) is 0 Å². The summed E-state index contributed by atoms with van der Waals surface area (Å²) >= 11 is 0. The molecule has 0 radical (unpaired) electrons. The second-order valence-electron chi connectivity index (χ2n) is 6.82. The Balaban J connectivity index is 1.74. The Kier molecular flexibility index (Phi) is 2.97. The predicted octanol–water partition coefficient (Wildman–Crippen LogP) is 5.45. The van der Waals surface area contributed by atoms with Crippen molar-refractivity contribution in [2.75, 3.05) is 0 Å². The fourth-order valence-electron chi connectivity index (χ4n) is 3.93. The molecule has 0 fully saturated rings. The average molecular weight is 361 g/mol. The Hall–Kier alpha value is -3.99. The zero-order valence-corrected chi connectivity index (χ0v) is 14.9. The van der Waals surface area contributed by atoms with Crippen LogP contribution in [-0.2, 0) is 0 Å². The summed E-state index contributed by atoms with van der Waals surface area (Å²) in [7, 11) is 0. The van der Waals surface area contributed by atoms with Gasteiger partial charge in [-0.3, -0.25) is 9.97 Å². The van der Waals surface area contributed by atoms with E-state index in [4.69, 9.17) is 4.98 Å². The summed E-state index contributed by atoms with van der Waals surface area (Å²) in [6.07, 6.45) is 7.45. The lowest BCUT2D eigenvalue weighted by atomic mass is 10.1. The molecule has 28 heavy (non-hydrogen) atoms. The number of imidazole rings is 1. The van der Waals surface area contributed by atoms with Gasteiger partial charge in [0.15, 0.2) is 0 Å². The number of fused-ring (bicyclic) bond motifs is 7. The van der Waals surface area contributed by atoms with E-state index in [1.54, 1.807) is 12.4 Å². The van der Waals surface area contributed by atoms with Crippen molar-refractivity contribution in [1.29, 1.82) is 0 Å². The summed E-state index contributed by atoms with van der Waals surface area (Å²) in [5, 5.41) is 3.13. The Morgan fingerprint density at radius 3 is 2.46 bits per heavy atom. The Bertz CT molecular complexity index is 1460. The van der Waals surface area contributed by atoms with E-state index in [-0.39, 0.29) is 0 Å². The lowest BCUT2D eigenvalue weighted by Gasteiger charge is -2.03. The van der Waals surface area contributed by atoms with Crippen LogP contribution in [0.2, 0.25) is 0 Å². The number of benzene rings is 2. The fraction of sp³-hybridized carbons (Fsp3) is 0. The maximum Gasteiger partial charge on any atom is 0.140 e. The number of nitrogens with one attached hydrogen (secondary N) is 2. The number of hydrogen-bond donors (Lipinski definition) is 2. The largest absolute Gasteiger partial charge is 0.360 e. The van der Waals surface area contributed by atoms with E-state index in [9.17, 15) is 0 Å². The zero-order valence-electron chi connectivity index (χ0n) is 14.9. The van der Waals surface area contributed by atoms with Crippen LogP contribution in [0.3, 0.4) is 0 Å². The molecule has 5 heteroatoms. The molecule has 6 rings (SSSR count). The maximum atomic E-state index is 4.97. The molecule has 0 aliphatic carbocycles. The van der Waals surface area contributed by atoms with Gasteiger partial charge in [-0.05, 0) is 42.0 Å². The molecule has 0 aliphatic heterocycles. The van der Waals surface area contributed by atoms with Gasteiger partial charge in [0, 0.05) is 45.8 Å². The fourth-order valence-corrected chi connectivity index (χ4v) is 3.93. The standard InChI is InChI=1S/C23H15N5/c1-2-13-7-8-18-16(11-13)17(12-26-18)23-27-21-14-5-3-9-24-19(14)20-15(22(21)28-23)6-4-10-25-20/h2-12,26H,1H2,(H,27,28). The molecule has 4 heterocycles. The number of nitrogens with zero attached hydrogens (tertiary/aromatic N) is 3. The number of aromatic nitrogens is 5. The monoisotopic (exact) mass is 361 g/mol. The van der Waals surface area contributed by atoms with Crippen molar-refractivity contribution in [3.63, 3.8) is 0 Å². The predicted molar refractivity (Wildman–Crippen MR) is 114 cm³/mol. The Morgan fingerprint density at radius 1 is 0.857 bits per heavy atom. The number of aromatic amines is 2. The third-order valence-corrected chi connectivity index (χ3v) is 5.26. The van der Waals surface area contributed by atoms with E-state index < -0.39 is 0 Å². The lowest BCUT2D eigenvalue weighted by Crippen LogP contribution is -1.86. The van der Waals surface area contributed by atoms with Crippen molar-refractivity contribution in [3.05, 3.63) is 73.2 Å². The van der Waals surface area contributed by atoms with Crippen molar-refractivity contribution in [3.8, 4) is 11.4 Å². The highest BCUT2D eigenvalue weighted by Gasteiger charge is 2.16. The molecule has 0 saturated carbocycles. The molecular weight excluding hydrogens is 346 g/mol. The number of hydrogen-bond acceptors (Lipinski definition) is 3. The van der Waals surface area contributed by atoms with Crippen LogP contribution in [0.1, 0.15) is 5.56 Å². The molecule has 0 aliphatic rings. The normalized spacial score (nSPS) is 11.7. The maximum absolute atomic E-state index is 4.97. The molecule has 0 atom stereocenters. The second-order valence-corrected chi connectivity index (χ2v) is 6.82. The van der Waals surface area contributed by atoms with Crippen molar-refractivity contribution in [1.82, 2.24) is 24.9 Å². The number of pyridine rings is 2. The molecule has 2 aromatic carbocycles. The Labute approximate surface area is 159 Å². The topological polar surface area (TPSA) is 70.2 Å². The van der Waals surface area contributed by atoms with Crippen LogP contribution < -0.4 is 0 Å². The minimum Gasteiger partial charge on any atom is -0.360 e. The molecular formula is C23H15N5. The van der Waals surface area contributed by atoms with Gasteiger partial charge in [-0.25, -0.2) is 4.98 Å². The summed E-state index contributed by atoms with van der Waals surface area (Å²) in [5.41, 5.74) is 6.82. The first-order valence-corrected chi connectivity index (χ1v) is 9.08. The lowest BCUT2D eigenvalue weighted by molar-refractivity contribution is 1.34. The zero-order chi connectivity index (χ0) is 18.7. The van der Waals surface area contributed by atoms with Gasteiger partial charge >= 0.3 is 0 Å². The van der Waals surface area contributed by atoms with Gasteiger partial charge in [0.05, 0.1) is 22.1 Å². The van der Waals surface area contributed by atoms with Crippen LogP contribution in [0.4, 0.5) is 0 Å². The minimum atomic E-state index is 0.823. The first kappa shape index (κ1) is 15.1. The average Bonchev–Trinajstić information content (AvgIpc) is 3.38. The van der Waals surface area contributed by atoms with E-state index >= 15 is 0 Å². The summed E-state index contributed by atoms with van der Waals surface area (Å²) in [6.45, 7) is 3.88. The third-order valence-electron chi connectivity index (χ3n) is 5.26. The molecule has 0 saturated heterocycles. The van der Waals surface area contributed by atoms with E-state index in [0.29, 0.717) is 0 Å². The molecule has 132 valence electrons. The smallest absolute Gasteiger partial charge is 0.140 e. The number of H-pyrrole nitrogens is 2. The van der Waals surface area contributed by atoms with Crippen LogP contribution in [-0.4, -0.2) is 24.9 Å². The molecule has 0 spiro atoms. The molecule has 0 unspecified atom stereocenters. The first-order chi connectivity index (χ1) is 13.8. The molecule has 2 N–H and O–H groups in total. The van der Waals surface area contributed by atoms with Crippen molar-refractivity contribution < 1.29 is 0 Å². The van der Waals surface area contributed by atoms with Crippen LogP contribution >= 0.6 is 0 Å². The highest BCUT2D eigenvalue weighted by atomic mass is 14.9. The SMILES string of the molecule is C=Cc1ccc2[nH]cc(-c3nc4c5cccnc5c5ncccc5c4[nH]3)c2c1. The summed E-state index contributed by atoms with van der Waals surface area (Å²) < 4.78 is 0. The van der Waals surface area contributed by atoms with Crippen LogP contribution in [0.5, 0.6) is 0 Å². The van der Waals surface area contributed by atoms with Gasteiger partial charge in [-0.2, -0.15) is 0 Å². The van der Waals surface area contributed by atoms with E-state index in [1.165, 1.54) is 0 Å². The van der Waals surface area contributed by atoms with Gasteiger partial charge < -0.3 is 9.97 Å². The highest BCUT2D eigenvalue weighted by molar-refractivity contribution is 6.21. The quantitative estimate of drug-likeness (QED) is 0.403. The minimum absolute atomic E-state index is 0.823. The second kappa shape index (κ2) is 5.50. The van der Waals surface area contributed by atoms with Crippen LogP contribution in [0, 0.1) is 0 Å². The molecule has 0 bridgehead atoms. The van der Waals surface area contributed by atoms with Crippen molar-refractivity contribution in [2.45, 2.75) is 0 Å². The highest BCUT2D eigenvalue weighted by Crippen LogP contribution is 2.35.